The molecule has 0 bridgehead atoms. The van der Waals surface area contributed by atoms with Crippen LogP contribution in [0.5, 0.6) is 0 Å². The number of hydrogen-bond donors (Lipinski definition) is 1. The summed E-state index contributed by atoms with van der Waals surface area (Å²) in [5.41, 5.74) is 0.943. The fraction of sp³-hybridized carbons (Fsp3) is 0.471. The molecule has 0 radical (unpaired) electrons. The number of piperidine rings is 1. The first-order valence-corrected chi connectivity index (χ1v) is 10.1. The summed E-state index contributed by atoms with van der Waals surface area (Å²) in [4.78, 5) is 12.9. The number of sulfonamides is 1. The third-order valence-corrected chi connectivity index (χ3v) is 7.10. The van der Waals surface area contributed by atoms with E-state index in [9.17, 15) is 8.42 Å². The highest BCUT2D eigenvalue weighted by Crippen LogP contribution is 2.32. The second kappa shape index (κ2) is 6.68. The van der Waals surface area contributed by atoms with Crippen molar-refractivity contribution in [3.63, 3.8) is 0 Å². The van der Waals surface area contributed by atoms with E-state index in [4.69, 9.17) is 0 Å². The van der Waals surface area contributed by atoms with Crippen molar-refractivity contribution in [2.75, 3.05) is 18.4 Å². The Morgan fingerprint density at radius 3 is 2.40 bits per heavy atom. The highest BCUT2D eigenvalue weighted by atomic mass is 32.2. The molecular weight excluding hydrogens is 338 g/mol. The van der Waals surface area contributed by atoms with Crippen LogP contribution >= 0.6 is 0 Å². The zero-order valence-electron chi connectivity index (χ0n) is 13.9. The van der Waals surface area contributed by atoms with Crippen molar-refractivity contribution in [1.82, 2.24) is 19.3 Å². The molecule has 2 heterocycles. The van der Waals surface area contributed by atoms with Gasteiger partial charge in [0.1, 0.15) is 6.33 Å². The van der Waals surface area contributed by atoms with Crippen LogP contribution in [0.15, 0.2) is 36.7 Å². The SMILES string of the molecule is O=S(=O)(C1CC1)N1CCC(Nc2ncnc(-c3ccccc3)n2)CC1. The molecule has 1 aliphatic carbocycles. The lowest BCUT2D eigenvalue weighted by Crippen LogP contribution is -2.43. The number of anilines is 1. The molecule has 2 aliphatic rings. The Labute approximate surface area is 147 Å². The van der Waals surface area contributed by atoms with Crippen molar-refractivity contribution in [2.24, 2.45) is 0 Å². The van der Waals surface area contributed by atoms with Gasteiger partial charge in [-0.15, -0.1) is 0 Å². The van der Waals surface area contributed by atoms with E-state index in [2.05, 4.69) is 20.3 Å². The molecule has 1 saturated carbocycles. The number of benzene rings is 1. The lowest BCUT2D eigenvalue weighted by molar-refractivity contribution is 0.328. The largest absolute Gasteiger partial charge is 0.351 e. The molecule has 8 heteroatoms. The smallest absolute Gasteiger partial charge is 0.226 e. The minimum Gasteiger partial charge on any atom is -0.351 e. The molecule has 132 valence electrons. The summed E-state index contributed by atoms with van der Waals surface area (Å²) in [5, 5.41) is 3.19. The molecular formula is C17H21N5O2S. The number of nitrogens with zero attached hydrogens (tertiary/aromatic N) is 4. The van der Waals surface area contributed by atoms with Crippen LogP contribution in [-0.2, 0) is 10.0 Å². The number of aromatic nitrogens is 3. The summed E-state index contributed by atoms with van der Waals surface area (Å²) >= 11 is 0. The van der Waals surface area contributed by atoms with Crippen LogP contribution in [0.1, 0.15) is 25.7 Å². The van der Waals surface area contributed by atoms with Gasteiger partial charge >= 0.3 is 0 Å². The standard InChI is InChI=1S/C17H21N5O2S/c23-25(24,15-6-7-15)22-10-8-14(9-11-22)20-17-19-12-18-16(21-17)13-4-2-1-3-5-13/h1-5,12,14-15H,6-11H2,(H,18,19,20,21). The zero-order valence-corrected chi connectivity index (χ0v) is 14.7. The average molecular weight is 359 g/mol. The Kier molecular flexibility index (Phi) is 4.39. The lowest BCUT2D eigenvalue weighted by atomic mass is 10.1. The molecule has 7 nitrogen and oxygen atoms in total. The molecule has 4 rings (SSSR count). The first-order chi connectivity index (χ1) is 12.1. The maximum atomic E-state index is 12.3. The molecule has 0 atom stereocenters. The second-order valence-corrected chi connectivity index (χ2v) is 8.77. The monoisotopic (exact) mass is 359 g/mol. The maximum Gasteiger partial charge on any atom is 0.226 e. The average Bonchev–Trinajstić information content (AvgIpc) is 3.49. The van der Waals surface area contributed by atoms with Crippen molar-refractivity contribution in [1.29, 1.82) is 0 Å². The van der Waals surface area contributed by atoms with Crippen molar-refractivity contribution in [3.8, 4) is 11.4 Å². The zero-order chi connectivity index (χ0) is 17.3. The number of hydrogen-bond acceptors (Lipinski definition) is 6. The fourth-order valence-corrected chi connectivity index (χ4v) is 4.98. The normalized spacial score (nSPS) is 19.7. The van der Waals surface area contributed by atoms with E-state index in [1.807, 2.05) is 30.3 Å². The summed E-state index contributed by atoms with van der Waals surface area (Å²) in [6, 6.07) is 9.94. The van der Waals surface area contributed by atoms with Crippen LogP contribution in [0.4, 0.5) is 5.95 Å². The Morgan fingerprint density at radius 1 is 1.00 bits per heavy atom. The summed E-state index contributed by atoms with van der Waals surface area (Å²) in [7, 11) is -3.06. The van der Waals surface area contributed by atoms with Crippen LogP contribution in [-0.4, -0.2) is 52.1 Å². The van der Waals surface area contributed by atoms with Crippen LogP contribution in [0.3, 0.4) is 0 Å². The van der Waals surface area contributed by atoms with Crippen LogP contribution in [0.2, 0.25) is 0 Å². The molecule has 1 aromatic carbocycles. The summed E-state index contributed by atoms with van der Waals surface area (Å²) in [5.74, 6) is 1.17. The maximum absolute atomic E-state index is 12.3. The van der Waals surface area contributed by atoms with Gasteiger partial charge in [-0.2, -0.15) is 4.98 Å². The van der Waals surface area contributed by atoms with Crippen molar-refractivity contribution in [2.45, 2.75) is 37.0 Å². The van der Waals surface area contributed by atoms with Gasteiger partial charge in [-0.3, -0.25) is 0 Å². The Bertz CT molecular complexity index is 831. The van der Waals surface area contributed by atoms with Crippen LogP contribution in [0, 0.1) is 0 Å². The second-order valence-electron chi connectivity index (χ2n) is 6.56. The van der Waals surface area contributed by atoms with E-state index in [0.717, 1.165) is 31.2 Å². The van der Waals surface area contributed by atoms with E-state index in [0.29, 0.717) is 24.9 Å². The quantitative estimate of drug-likeness (QED) is 0.877. The minimum atomic E-state index is -3.06. The van der Waals surface area contributed by atoms with E-state index in [1.165, 1.54) is 6.33 Å². The Balaban J connectivity index is 1.39. The van der Waals surface area contributed by atoms with Crippen LogP contribution < -0.4 is 5.32 Å². The molecule has 0 unspecified atom stereocenters. The fourth-order valence-electron chi connectivity index (χ4n) is 3.11. The first-order valence-electron chi connectivity index (χ1n) is 8.63. The van der Waals surface area contributed by atoms with Gasteiger partial charge in [-0.1, -0.05) is 30.3 Å². The number of rotatable bonds is 5. The molecule has 25 heavy (non-hydrogen) atoms. The molecule has 1 saturated heterocycles. The van der Waals surface area contributed by atoms with Crippen molar-refractivity contribution < 1.29 is 8.42 Å². The number of nitrogens with one attached hydrogen (secondary N) is 1. The molecule has 1 aliphatic heterocycles. The van der Waals surface area contributed by atoms with E-state index >= 15 is 0 Å². The topological polar surface area (TPSA) is 88.1 Å². The minimum absolute atomic E-state index is 0.131. The van der Waals surface area contributed by atoms with Gasteiger partial charge in [0.2, 0.25) is 16.0 Å². The summed E-state index contributed by atoms with van der Waals surface area (Å²) in [6.07, 6.45) is 4.65. The molecule has 1 aromatic heterocycles. The highest BCUT2D eigenvalue weighted by Gasteiger charge is 2.41. The van der Waals surface area contributed by atoms with Gasteiger partial charge in [0.05, 0.1) is 5.25 Å². The summed E-state index contributed by atoms with van der Waals surface area (Å²) in [6.45, 7) is 1.13. The molecule has 1 N–H and O–H groups in total. The van der Waals surface area contributed by atoms with Gasteiger partial charge in [-0.05, 0) is 25.7 Å². The third kappa shape index (κ3) is 3.64. The third-order valence-electron chi connectivity index (χ3n) is 4.70. The van der Waals surface area contributed by atoms with E-state index in [-0.39, 0.29) is 11.3 Å². The first kappa shape index (κ1) is 16.4. The Hall–Kier alpha value is -2.06. The molecule has 2 aromatic rings. The molecule has 2 fully saturated rings. The van der Waals surface area contributed by atoms with Gasteiger partial charge in [0.15, 0.2) is 5.82 Å². The van der Waals surface area contributed by atoms with Gasteiger partial charge in [0, 0.05) is 24.7 Å². The predicted molar refractivity (Wildman–Crippen MR) is 95.4 cm³/mol. The molecule has 0 spiro atoms. The van der Waals surface area contributed by atoms with Gasteiger partial charge in [-0.25, -0.2) is 22.7 Å². The Morgan fingerprint density at radius 2 is 1.72 bits per heavy atom. The van der Waals surface area contributed by atoms with Gasteiger partial charge in [0.25, 0.3) is 0 Å². The van der Waals surface area contributed by atoms with E-state index < -0.39 is 10.0 Å². The van der Waals surface area contributed by atoms with Gasteiger partial charge < -0.3 is 5.32 Å². The van der Waals surface area contributed by atoms with Crippen molar-refractivity contribution in [3.05, 3.63) is 36.7 Å². The van der Waals surface area contributed by atoms with Crippen LogP contribution in [0.25, 0.3) is 11.4 Å². The summed E-state index contributed by atoms with van der Waals surface area (Å²) < 4.78 is 26.2. The lowest BCUT2D eigenvalue weighted by Gasteiger charge is -2.31. The predicted octanol–water partition coefficient (Wildman–Crippen LogP) is 1.91. The highest BCUT2D eigenvalue weighted by molar-refractivity contribution is 7.90. The molecule has 0 amide bonds. The van der Waals surface area contributed by atoms with E-state index in [1.54, 1.807) is 4.31 Å². The van der Waals surface area contributed by atoms with Crippen molar-refractivity contribution >= 4 is 16.0 Å².